The Labute approximate surface area is 182 Å². The van der Waals surface area contributed by atoms with Crippen molar-refractivity contribution in [2.45, 2.75) is 71.4 Å². The number of hydrogen-bond acceptors (Lipinski definition) is 2. The highest BCUT2D eigenvalue weighted by Gasteiger charge is 2.36. The van der Waals surface area contributed by atoms with Gasteiger partial charge in [0.05, 0.1) is 0 Å². The molecule has 0 spiro atoms. The molecular formula is C27H36N2O. The quantitative estimate of drug-likeness (QED) is 0.690. The second-order valence-electron chi connectivity index (χ2n) is 11.2. The largest absolute Gasteiger partial charge is 0.335 e. The lowest BCUT2D eigenvalue weighted by Gasteiger charge is -2.47. The van der Waals surface area contributed by atoms with Crippen LogP contribution in [0.3, 0.4) is 0 Å². The monoisotopic (exact) mass is 404 g/mol. The van der Waals surface area contributed by atoms with E-state index < -0.39 is 0 Å². The standard InChI is InChI=1S/C27H36N2O/c1-26(2,3)22-13-21(14-23(15-22)27(4,5)6)25(30)29-17-24(18-29)28-12-11-19-9-7-8-10-20(19)16-28/h7-10,13-15,24H,11-12,16-18H2,1-6H3. The molecule has 2 aromatic rings. The van der Waals surface area contributed by atoms with E-state index in [0.29, 0.717) is 6.04 Å². The summed E-state index contributed by atoms with van der Waals surface area (Å²) in [6.07, 6.45) is 1.11. The third-order valence-corrected chi connectivity index (χ3v) is 6.74. The highest BCUT2D eigenvalue weighted by molar-refractivity contribution is 5.95. The van der Waals surface area contributed by atoms with Crippen LogP contribution in [0.25, 0.3) is 0 Å². The number of carbonyl (C=O) groups is 1. The number of hydrogen-bond donors (Lipinski definition) is 0. The van der Waals surface area contributed by atoms with Crippen LogP contribution < -0.4 is 0 Å². The third-order valence-electron chi connectivity index (χ3n) is 6.74. The van der Waals surface area contributed by atoms with Gasteiger partial charge in [0.2, 0.25) is 0 Å². The Kier molecular flexibility index (Phi) is 5.30. The molecule has 0 N–H and O–H groups in total. The Bertz CT molecular complexity index is 910. The number of nitrogens with zero attached hydrogens (tertiary/aromatic N) is 2. The zero-order valence-corrected chi connectivity index (χ0v) is 19.5. The molecule has 0 saturated carbocycles. The molecule has 1 amide bonds. The maximum Gasteiger partial charge on any atom is 0.253 e. The Hall–Kier alpha value is -2.13. The number of rotatable bonds is 2. The molecule has 1 fully saturated rings. The van der Waals surface area contributed by atoms with Crippen molar-refractivity contribution in [3.05, 3.63) is 70.3 Å². The van der Waals surface area contributed by atoms with Crippen molar-refractivity contribution in [3.8, 4) is 0 Å². The summed E-state index contributed by atoms with van der Waals surface area (Å²) in [5.41, 5.74) is 6.29. The Morgan fingerprint density at radius 3 is 2.00 bits per heavy atom. The average Bonchev–Trinajstić information content (AvgIpc) is 2.65. The van der Waals surface area contributed by atoms with Gasteiger partial charge in [-0.05, 0) is 51.6 Å². The first-order valence-corrected chi connectivity index (χ1v) is 11.3. The van der Waals surface area contributed by atoms with Crippen LogP contribution in [-0.4, -0.2) is 41.4 Å². The predicted octanol–water partition coefficient (Wildman–Crippen LogP) is 5.16. The summed E-state index contributed by atoms with van der Waals surface area (Å²) in [6.45, 7) is 17.1. The Balaban J connectivity index is 1.47. The summed E-state index contributed by atoms with van der Waals surface area (Å²) in [5.74, 6) is 0.181. The second-order valence-corrected chi connectivity index (χ2v) is 11.2. The fourth-order valence-corrected chi connectivity index (χ4v) is 4.48. The van der Waals surface area contributed by atoms with Crippen LogP contribution in [0, 0.1) is 0 Å². The topological polar surface area (TPSA) is 23.6 Å². The third kappa shape index (κ3) is 4.18. The van der Waals surface area contributed by atoms with E-state index in [4.69, 9.17) is 0 Å². The van der Waals surface area contributed by atoms with Gasteiger partial charge in [0.1, 0.15) is 0 Å². The summed E-state index contributed by atoms with van der Waals surface area (Å²) in [5, 5.41) is 0. The highest BCUT2D eigenvalue weighted by Crippen LogP contribution is 2.32. The first-order valence-electron chi connectivity index (χ1n) is 11.3. The molecule has 1 saturated heterocycles. The summed E-state index contributed by atoms with van der Waals surface area (Å²) < 4.78 is 0. The molecule has 2 aliphatic rings. The number of benzene rings is 2. The lowest BCUT2D eigenvalue weighted by molar-refractivity contribution is 0.0218. The van der Waals surface area contributed by atoms with Gasteiger partial charge in [0.25, 0.3) is 5.91 Å². The molecule has 3 nitrogen and oxygen atoms in total. The van der Waals surface area contributed by atoms with Crippen molar-refractivity contribution in [1.82, 2.24) is 9.80 Å². The minimum atomic E-state index is 0.0228. The molecule has 0 unspecified atom stereocenters. The first kappa shape index (κ1) is 21.1. The second kappa shape index (κ2) is 7.53. The minimum Gasteiger partial charge on any atom is -0.335 e. The summed E-state index contributed by atoms with van der Waals surface area (Å²) in [4.78, 5) is 17.9. The molecule has 2 heterocycles. The van der Waals surface area contributed by atoms with Crippen LogP contribution in [-0.2, 0) is 23.8 Å². The van der Waals surface area contributed by atoms with E-state index in [0.717, 1.165) is 38.2 Å². The van der Waals surface area contributed by atoms with Gasteiger partial charge < -0.3 is 4.90 Å². The minimum absolute atomic E-state index is 0.0228. The fourth-order valence-electron chi connectivity index (χ4n) is 4.48. The number of fused-ring (bicyclic) bond motifs is 1. The van der Waals surface area contributed by atoms with E-state index in [1.807, 2.05) is 4.90 Å². The van der Waals surface area contributed by atoms with Gasteiger partial charge in [-0.3, -0.25) is 9.69 Å². The van der Waals surface area contributed by atoms with Crippen molar-refractivity contribution in [2.75, 3.05) is 19.6 Å². The first-order chi connectivity index (χ1) is 14.0. The molecule has 0 aromatic heterocycles. The van der Waals surface area contributed by atoms with Gasteiger partial charge >= 0.3 is 0 Å². The van der Waals surface area contributed by atoms with Crippen LogP contribution in [0.2, 0.25) is 0 Å². The van der Waals surface area contributed by atoms with Crippen LogP contribution in [0.5, 0.6) is 0 Å². The van der Waals surface area contributed by atoms with Crippen molar-refractivity contribution >= 4 is 5.91 Å². The molecule has 2 aromatic carbocycles. The Morgan fingerprint density at radius 1 is 0.867 bits per heavy atom. The number of likely N-dealkylation sites (tertiary alicyclic amines) is 1. The molecule has 4 rings (SSSR count). The maximum absolute atomic E-state index is 13.3. The van der Waals surface area contributed by atoms with Gasteiger partial charge in [0, 0.05) is 37.8 Å². The smallest absolute Gasteiger partial charge is 0.253 e. The van der Waals surface area contributed by atoms with Crippen LogP contribution in [0.4, 0.5) is 0 Å². The maximum atomic E-state index is 13.3. The SMILES string of the molecule is CC(C)(C)c1cc(C(=O)N2CC(N3CCc4ccccc4C3)C2)cc(C(C)(C)C)c1. The number of carbonyl (C=O) groups excluding carboxylic acids is 1. The van der Waals surface area contributed by atoms with E-state index in [1.165, 1.54) is 22.3 Å². The lowest BCUT2D eigenvalue weighted by atomic mass is 9.79. The van der Waals surface area contributed by atoms with Crippen molar-refractivity contribution in [2.24, 2.45) is 0 Å². The van der Waals surface area contributed by atoms with Gasteiger partial charge in [-0.25, -0.2) is 0 Å². The highest BCUT2D eigenvalue weighted by atomic mass is 16.2. The molecular weight excluding hydrogens is 368 g/mol. The molecule has 0 aliphatic carbocycles. The van der Waals surface area contributed by atoms with Crippen LogP contribution in [0.15, 0.2) is 42.5 Å². The molecule has 0 bridgehead atoms. The normalized spacial score (nSPS) is 18.1. The van der Waals surface area contributed by atoms with Gasteiger partial charge in [0.15, 0.2) is 0 Å². The van der Waals surface area contributed by atoms with Gasteiger partial charge in [-0.1, -0.05) is 71.9 Å². The average molecular weight is 405 g/mol. The molecule has 160 valence electrons. The zero-order chi connectivity index (χ0) is 21.7. The Morgan fingerprint density at radius 2 is 1.43 bits per heavy atom. The molecule has 30 heavy (non-hydrogen) atoms. The number of amides is 1. The summed E-state index contributed by atoms with van der Waals surface area (Å²) in [7, 11) is 0. The van der Waals surface area contributed by atoms with Crippen molar-refractivity contribution < 1.29 is 4.79 Å². The predicted molar refractivity (Wildman–Crippen MR) is 124 cm³/mol. The summed E-state index contributed by atoms with van der Waals surface area (Å²) >= 11 is 0. The van der Waals surface area contributed by atoms with Crippen molar-refractivity contribution in [3.63, 3.8) is 0 Å². The van der Waals surface area contributed by atoms with Gasteiger partial charge in [-0.15, -0.1) is 0 Å². The van der Waals surface area contributed by atoms with Crippen molar-refractivity contribution in [1.29, 1.82) is 0 Å². The van der Waals surface area contributed by atoms with E-state index in [1.54, 1.807) is 0 Å². The molecule has 3 heteroatoms. The van der Waals surface area contributed by atoms with Crippen LogP contribution in [0.1, 0.15) is 74.2 Å². The van der Waals surface area contributed by atoms with E-state index in [2.05, 4.69) is 88.9 Å². The zero-order valence-electron chi connectivity index (χ0n) is 19.5. The molecule has 2 aliphatic heterocycles. The lowest BCUT2D eigenvalue weighted by Crippen LogP contribution is -2.61. The summed E-state index contributed by atoms with van der Waals surface area (Å²) in [6, 6.07) is 15.7. The van der Waals surface area contributed by atoms with Gasteiger partial charge in [-0.2, -0.15) is 0 Å². The van der Waals surface area contributed by atoms with E-state index in [9.17, 15) is 4.79 Å². The van der Waals surface area contributed by atoms with Crippen LogP contribution >= 0.6 is 0 Å². The molecule has 0 radical (unpaired) electrons. The van der Waals surface area contributed by atoms with E-state index >= 15 is 0 Å². The van der Waals surface area contributed by atoms with E-state index in [-0.39, 0.29) is 16.7 Å². The molecule has 0 atom stereocenters. The fraction of sp³-hybridized carbons (Fsp3) is 0.519.